The molecule has 1 aliphatic heterocycles. The van der Waals surface area contributed by atoms with Crippen molar-refractivity contribution in [3.63, 3.8) is 0 Å². The predicted molar refractivity (Wildman–Crippen MR) is 98.4 cm³/mol. The lowest BCUT2D eigenvalue weighted by Gasteiger charge is -2.29. The van der Waals surface area contributed by atoms with Crippen molar-refractivity contribution in [2.75, 3.05) is 13.2 Å². The lowest BCUT2D eigenvalue weighted by Crippen LogP contribution is -2.55. The number of nitrogens with zero attached hydrogens (tertiary/aromatic N) is 2. The first-order valence-electron chi connectivity index (χ1n) is 7.79. The van der Waals surface area contributed by atoms with Crippen molar-refractivity contribution in [2.24, 2.45) is 0 Å². The van der Waals surface area contributed by atoms with E-state index in [1.165, 1.54) is 0 Å². The summed E-state index contributed by atoms with van der Waals surface area (Å²) in [4.78, 5) is 16.7. The average molecular weight is 432 g/mol. The fourth-order valence-corrected chi connectivity index (χ4v) is 2.78. The average Bonchev–Trinajstić information content (AvgIpc) is 3.06. The Balaban J connectivity index is 0.00000225. The van der Waals surface area contributed by atoms with Crippen molar-refractivity contribution < 1.29 is 14.1 Å². The molecule has 7 nitrogen and oxygen atoms in total. The van der Waals surface area contributed by atoms with Crippen LogP contribution in [-0.4, -0.2) is 41.3 Å². The first-order valence-corrected chi connectivity index (χ1v) is 8.59. The molecule has 0 spiro atoms. The Morgan fingerprint density at radius 3 is 2.80 bits per heavy atom. The molecular formula is C16H20BrClN4O3. The SMILES string of the molecule is CC(NC(=O)[C@H]1NCCO[C@@H]1C)c1nc(-c2ccc(Br)cc2)no1.Cl. The van der Waals surface area contributed by atoms with Gasteiger partial charge in [0.25, 0.3) is 0 Å². The summed E-state index contributed by atoms with van der Waals surface area (Å²) < 4.78 is 11.8. The van der Waals surface area contributed by atoms with Crippen LogP contribution in [0.15, 0.2) is 33.3 Å². The number of hydrogen-bond acceptors (Lipinski definition) is 6. The number of morpholine rings is 1. The summed E-state index contributed by atoms with van der Waals surface area (Å²) in [5, 5.41) is 10.0. The molecule has 1 fully saturated rings. The first-order chi connectivity index (χ1) is 11.5. The number of rotatable bonds is 4. The normalized spacial score (nSPS) is 21.2. The molecule has 1 amide bonds. The van der Waals surface area contributed by atoms with E-state index in [0.717, 1.165) is 10.0 Å². The van der Waals surface area contributed by atoms with Crippen molar-refractivity contribution in [3.05, 3.63) is 34.6 Å². The zero-order chi connectivity index (χ0) is 17.1. The fourth-order valence-electron chi connectivity index (χ4n) is 2.52. The van der Waals surface area contributed by atoms with E-state index < -0.39 is 0 Å². The van der Waals surface area contributed by atoms with Crippen LogP contribution in [0, 0.1) is 0 Å². The van der Waals surface area contributed by atoms with Crippen LogP contribution < -0.4 is 10.6 Å². The van der Waals surface area contributed by atoms with E-state index in [1.807, 2.05) is 38.1 Å². The van der Waals surface area contributed by atoms with Gasteiger partial charge in [0.1, 0.15) is 12.1 Å². The third-order valence-corrected chi connectivity index (χ3v) is 4.40. The van der Waals surface area contributed by atoms with Crippen LogP contribution >= 0.6 is 28.3 Å². The highest BCUT2D eigenvalue weighted by molar-refractivity contribution is 9.10. The maximum atomic E-state index is 12.4. The van der Waals surface area contributed by atoms with Crippen LogP contribution in [0.25, 0.3) is 11.4 Å². The predicted octanol–water partition coefficient (Wildman–Crippen LogP) is 2.48. The van der Waals surface area contributed by atoms with E-state index in [9.17, 15) is 4.79 Å². The van der Waals surface area contributed by atoms with Crippen LogP contribution in [0.5, 0.6) is 0 Å². The number of hydrogen-bond donors (Lipinski definition) is 2. The minimum Gasteiger partial charge on any atom is -0.375 e. The second kappa shape index (κ2) is 8.75. The summed E-state index contributed by atoms with van der Waals surface area (Å²) in [6.07, 6.45) is -0.174. The van der Waals surface area contributed by atoms with Crippen LogP contribution in [0.2, 0.25) is 0 Å². The van der Waals surface area contributed by atoms with Gasteiger partial charge in [-0.15, -0.1) is 12.4 Å². The van der Waals surface area contributed by atoms with Crippen molar-refractivity contribution in [3.8, 4) is 11.4 Å². The molecule has 3 atom stereocenters. The molecule has 1 aliphatic rings. The number of carbonyl (C=O) groups excluding carboxylic acids is 1. The van der Waals surface area contributed by atoms with Crippen LogP contribution in [-0.2, 0) is 9.53 Å². The monoisotopic (exact) mass is 430 g/mol. The van der Waals surface area contributed by atoms with Crippen LogP contribution in [0.3, 0.4) is 0 Å². The maximum Gasteiger partial charge on any atom is 0.249 e. The van der Waals surface area contributed by atoms with Gasteiger partial charge >= 0.3 is 0 Å². The molecule has 1 aromatic heterocycles. The number of ether oxygens (including phenoxy) is 1. The number of halogens is 2. The van der Waals surface area contributed by atoms with E-state index in [1.54, 1.807) is 0 Å². The lowest BCUT2D eigenvalue weighted by molar-refractivity contribution is -0.129. The van der Waals surface area contributed by atoms with Crippen molar-refractivity contribution in [2.45, 2.75) is 32.0 Å². The highest BCUT2D eigenvalue weighted by atomic mass is 79.9. The third-order valence-electron chi connectivity index (χ3n) is 3.87. The summed E-state index contributed by atoms with van der Waals surface area (Å²) in [6.45, 7) is 4.95. The molecule has 2 heterocycles. The van der Waals surface area contributed by atoms with E-state index >= 15 is 0 Å². The number of carbonyl (C=O) groups is 1. The van der Waals surface area contributed by atoms with Gasteiger partial charge in [0.05, 0.1) is 12.7 Å². The standard InChI is InChI=1S/C16H19BrN4O3.ClH/c1-9(19-15(22)13-10(2)23-8-7-18-13)16-20-14(21-24-16)11-3-5-12(17)6-4-11;/h3-6,9-10,13,18H,7-8H2,1-2H3,(H,19,22);1H/t9?,10-,13+;/m1./s1. The van der Waals surface area contributed by atoms with Crippen LogP contribution in [0.4, 0.5) is 0 Å². The highest BCUT2D eigenvalue weighted by Gasteiger charge is 2.30. The summed E-state index contributed by atoms with van der Waals surface area (Å²) in [6, 6.07) is 6.85. The Bertz CT molecular complexity index is 710. The topological polar surface area (TPSA) is 89.3 Å². The number of aromatic nitrogens is 2. The van der Waals surface area contributed by atoms with E-state index in [-0.39, 0.29) is 36.5 Å². The molecule has 1 unspecified atom stereocenters. The maximum absolute atomic E-state index is 12.4. The number of amides is 1. The summed E-state index contributed by atoms with van der Waals surface area (Å²) in [5.41, 5.74) is 0.850. The molecule has 3 rings (SSSR count). The van der Waals surface area contributed by atoms with E-state index in [0.29, 0.717) is 24.9 Å². The van der Waals surface area contributed by atoms with E-state index in [2.05, 4.69) is 36.7 Å². The van der Waals surface area contributed by atoms with Gasteiger partial charge in [0, 0.05) is 16.6 Å². The molecule has 25 heavy (non-hydrogen) atoms. The second-order valence-corrected chi connectivity index (χ2v) is 6.62. The van der Waals surface area contributed by atoms with Gasteiger partial charge in [-0.2, -0.15) is 4.98 Å². The largest absolute Gasteiger partial charge is 0.375 e. The van der Waals surface area contributed by atoms with Gasteiger partial charge < -0.3 is 19.9 Å². The quantitative estimate of drug-likeness (QED) is 0.773. The Morgan fingerprint density at radius 1 is 1.40 bits per heavy atom. The lowest BCUT2D eigenvalue weighted by atomic mass is 10.1. The third kappa shape index (κ3) is 4.78. The van der Waals surface area contributed by atoms with Crippen LogP contribution in [0.1, 0.15) is 25.8 Å². The Morgan fingerprint density at radius 2 is 2.12 bits per heavy atom. The molecule has 136 valence electrons. The Hall–Kier alpha value is -1.48. The van der Waals surface area contributed by atoms with Crippen molar-refractivity contribution >= 4 is 34.2 Å². The molecule has 1 aromatic carbocycles. The van der Waals surface area contributed by atoms with E-state index in [4.69, 9.17) is 9.26 Å². The number of benzene rings is 1. The van der Waals surface area contributed by atoms with Crippen molar-refractivity contribution in [1.82, 2.24) is 20.8 Å². The molecule has 9 heteroatoms. The molecule has 0 aliphatic carbocycles. The van der Waals surface area contributed by atoms with Gasteiger partial charge in [-0.3, -0.25) is 4.79 Å². The Labute approximate surface area is 160 Å². The molecule has 0 saturated carbocycles. The molecule has 0 bridgehead atoms. The fraction of sp³-hybridized carbons (Fsp3) is 0.438. The molecule has 1 saturated heterocycles. The van der Waals surface area contributed by atoms with Crippen molar-refractivity contribution in [1.29, 1.82) is 0 Å². The van der Waals surface area contributed by atoms with Gasteiger partial charge in [0.15, 0.2) is 0 Å². The zero-order valence-electron chi connectivity index (χ0n) is 13.9. The van der Waals surface area contributed by atoms with Gasteiger partial charge in [0.2, 0.25) is 17.6 Å². The smallest absolute Gasteiger partial charge is 0.249 e. The summed E-state index contributed by atoms with van der Waals surface area (Å²) >= 11 is 3.39. The second-order valence-electron chi connectivity index (χ2n) is 5.70. The molecule has 2 N–H and O–H groups in total. The zero-order valence-corrected chi connectivity index (χ0v) is 16.3. The summed E-state index contributed by atoms with van der Waals surface area (Å²) in [7, 11) is 0. The molecular weight excluding hydrogens is 412 g/mol. The van der Waals surface area contributed by atoms with Gasteiger partial charge in [-0.1, -0.05) is 21.1 Å². The molecule has 0 radical (unpaired) electrons. The molecule has 2 aromatic rings. The number of nitrogens with one attached hydrogen (secondary N) is 2. The Kier molecular flexibility index (Phi) is 6.95. The minimum absolute atomic E-state index is 0. The summed E-state index contributed by atoms with van der Waals surface area (Å²) in [5.74, 6) is 0.717. The van der Waals surface area contributed by atoms with Gasteiger partial charge in [-0.05, 0) is 38.1 Å². The van der Waals surface area contributed by atoms with Gasteiger partial charge in [-0.25, -0.2) is 0 Å². The first kappa shape index (κ1) is 19.8. The highest BCUT2D eigenvalue weighted by Crippen LogP contribution is 2.21. The minimum atomic E-state index is -0.384.